The summed E-state index contributed by atoms with van der Waals surface area (Å²) in [5.41, 5.74) is -0.773. The fourth-order valence-electron chi connectivity index (χ4n) is 3.09. The second-order valence-corrected chi connectivity index (χ2v) is 6.96. The van der Waals surface area contributed by atoms with Crippen molar-refractivity contribution in [3.63, 3.8) is 0 Å². The minimum atomic E-state index is -1.28. The number of halogens is 4. The van der Waals surface area contributed by atoms with Crippen LogP contribution in [0.5, 0.6) is 0 Å². The number of alkyl halides is 1. The van der Waals surface area contributed by atoms with Crippen LogP contribution in [0.4, 0.5) is 13.2 Å². The zero-order valence-electron chi connectivity index (χ0n) is 13.2. The van der Waals surface area contributed by atoms with Gasteiger partial charge in [0.25, 0.3) is 5.91 Å². The summed E-state index contributed by atoms with van der Waals surface area (Å²) < 4.78 is 42.9. The summed E-state index contributed by atoms with van der Waals surface area (Å²) in [6.07, 6.45) is 1.37. The van der Waals surface area contributed by atoms with Crippen molar-refractivity contribution in [3.05, 3.63) is 51.8 Å². The van der Waals surface area contributed by atoms with E-state index in [1.165, 1.54) is 15.6 Å². The van der Waals surface area contributed by atoms with Gasteiger partial charge in [-0.1, -0.05) is 17.7 Å². The van der Waals surface area contributed by atoms with Gasteiger partial charge in [0.1, 0.15) is 22.5 Å². The van der Waals surface area contributed by atoms with Crippen LogP contribution >= 0.6 is 11.6 Å². The lowest BCUT2D eigenvalue weighted by Gasteiger charge is -2.27. The molecule has 132 valence electrons. The number of fused-ring (bicyclic) bond motifs is 1. The Labute approximate surface area is 147 Å². The molecule has 1 aromatic carbocycles. The molecule has 4 nitrogen and oxygen atoms in total. The normalized spacial score (nSPS) is 18.4. The molecule has 1 amide bonds. The molecule has 0 unspecified atom stereocenters. The van der Waals surface area contributed by atoms with E-state index in [9.17, 15) is 18.0 Å². The Morgan fingerprint density at radius 3 is 2.56 bits per heavy atom. The van der Waals surface area contributed by atoms with Crippen LogP contribution in [-0.4, -0.2) is 39.3 Å². The van der Waals surface area contributed by atoms with E-state index < -0.39 is 17.3 Å². The number of rotatable bonds is 4. The number of hydrogen-bond donors (Lipinski definition) is 0. The maximum atomic E-state index is 14.0. The predicted octanol–water partition coefficient (Wildman–Crippen LogP) is 3.36. The van der Waals surface area contributed by atoms with Gasteiger partial charge in [0.05, 0.1) is 13.1 Å². The van der Waals surface area contributed by atoms with Gasteiger partial charge in [0.2, 0.25) is 0 Å². The fraction of sp³-hybridized carbons (Fsp3) is 0.412. The Hall–Kier alpha value is -2.02. The van der Waals surface area contributed by atoms with Crippen molar-refractivity contribution >= 4 is 17.5 Å². The molecular weight excluding hydrogens is 355 g/mol. The van der Waals surface area contributed by atoms with Gasteiger partial charge in [-0.3, -0.25) is 4.79 Å². The van der Waals surface area contributed by atoms with Gasteiger partial charge >= 0.3 is 0 Å². The second-order valence-electron chi connectivity index (χ2n) is 6.60. The van der Waals surface area contributed by atoms with Crippen LogP contribution in [-0.2, 0) is 13.0 Å². The van der Waals surface area contributed by atoms with Crippen molar-refractivity contribution in [1.29, 1.82) is 0 Å². The zero-order valence-corrected chi connectivity index (χ0v) is 14.0. The van der Waals surface area contributed by atoms with E-state index >= 15 is 0 Å². The van der Waals surface area contributed by atoms with Gasteiger partial charge in [0.15, 0.2) is 5.69 Å². The van der Waals surface area contributed by atoms with Crippen molar-refractivity contribution in [2.75, 3.05) is 13.1 Å². The highest BCUT2D eigenvalue weighted by molar-refractivity contribution is 6.31. The van der Waals surface area contributed by atoms with Crippen molar-refractivity contribution in [3.8, 4) is 0 Å². The highest BCUT2D eigenvalue weighted by atomic mass is 35.5. The SMILES string of the molecule is O=C1c2nn(Cc3c(F)cccc3F)c(Cl)c2CCN1CC1(F)CC1. The van der Waals surface area contributed by atoms with Gasteiger partial charge in [-0.15, -0.1) is 0 Å². The first-order valence-electron chi connectivity index (χ1n) is 8.04. The van der Waals surface area contributed by atoms with Crippen LogP contribution in [0.25, 0.3) is 0 Å². The molecule has 0 radical (unpaired) electrons. The lowest BCUT2D eigenvalue weighted by molar-refractivity contribution is 0.0669. The fourth-order valence-corrected chi connectivity index (χ4v) is 3.38. The molecule has 1 saturated carbocycles. The van der Waals surface area contributed by atoms with Crippen LogP contribution in [0.3, 0.4) is 0 Å². The third-order valence-electron chi connectivity index (χ3n) is 4.74. The molecule has 8 heteroatoms. The molecule has 25 heavy (non-hydrogen) atoms. The smallest absolute Gasteiger partial charge is 0.274 e. The van der Waals surface area contributed by atoms with Crippen LogP contribution in [0.2, 0.25) is 5.15 Å². The third kappa shape index (κ3) is 2.90. The van der Waals surface area contributed by atoms with E-state index in [-0.39, 0.29) is 35.4 Å². The van der Waals surface area contributed by atoms with Gasteiger partial charge in [0, 0.05) is 17.7 Å². The Morgan fingerprint density at radius 2 is 1.92 bits per heavy atom. The molecule has 0 atom stereocenters. The second kappa shape index (κ2) is 5.76. The minimum Gasteiger partial charge on any atom is -0.334 e. The molecule has 1 fully saturated rings. The Bertz CT molecular complexity index is 843. The van der Waals surface area contributed by atoms with E-state index in [1.807, 2.05) is 0 Å². The van der Waals surface area contributed by atoms with Crippen LogP contribution in [0, 0.1) is 11.6 Å². The molecule has 2 aliphatic rings. The van der Waals surface area contributed by atoms with Crippen LogP contribution in [0.15, 0.2) is 18.2 Å². The average molecular weight is 370 g/mol. The topological polar surface area (TPSA) is 38.1 Å². The molecule has 4 rings (SSSR count). The van der Waals surface area contributed by atoms with Gasteiger partial charge in [-0.2, -0.15) is 5.10 Å². The average Bonchev–Trinajstić information content (AvgIpc) is 3.21. The maximum Gasteiger partial charge on any atom is 0.274 e. The number of nitrogens with zero attached hydrogens (tertiary/aromatic N) is 3. The number of amides is 1. The third-order valence-corrected chi connectivity index (χ3v) is 5.16. The molecule has 2 heterocycles. The van der Waals surface area contributed by atoms with Crippen molar-refractivity contribution in [1.82, 2.24) is 14.7 Å². The van der Waals surface area contributed by atoms with Crippen LogP contribution in [0.1, 0.15) is 34.5 Å². The summed E-state index contributed by atoms with van der Waals surface area (Å²) >= 11 is 6.27. The van der Waals surface area contributed by atoms with Gasteiger partial charge in [-0.05, 0) is 31.4 Å². The molecule has 0 N–H and O–H groups in total. The zero-order chi connectivity index (χ0) is 17.8. The maximum absolute atomic E-state index is 14.0. The molecule has 0 bridgehead atoms. The lowest BCUT2D eigenvalue weighted by atomic mass is 10.1. The Kier molecular flexibility index (Phi) is 3.79. The molecule has 1 aliphatic carbocycles. The van der Waals surface area contributed by atoms with Crippen molar-refractivity contribution < 1.29 is 18.0 Å². The summed E-state index contributed by atoms with van der Waals surface area (Å²) in [5.74, 6) is -1.80. The van der Waals surface area contributed by atoms with Gasteiger partial charge < -0.3 is 4.90 Å². The first kappa shape index (κ1) is 16.4. The van der Waals surface area contributed by atoms with Crippen LogP contribution < -0.4 is 0 Å². The number of carbonyl (C=O) groups excluding carboxylic acids is 1. The number of benzene rings is 1. The standard InChI is InChI=1S/C17H15ClF3N3O/c18-15-10-4-7-23(9-17(21)5-6-17)16(25)14(10)22-24(15)8-11-12(19)2-1-3-13(11)20/h1-3H,4-9H2. The number of aromatic nitrogens is 2. The van der Waals surface area contributed by atoms with E-state index in [0.29, 0.717) is 31.4 Å². The molecule has 2 aromatic rings. The summed E-state index contributed by atoms with van der Waals surface area (Å²) in [4.78, 5) is 14.0. The predicted molar refractivity (Wildman–Crippen MR) is 85.4 cm³/mol. The molecule has 1 aliphatic heterocycles. The molecule has 0 spiro atoms. The monoisotopic (exact) mass is 369 g/mol. The summed E-state index contributed by atoms with van der Waals surface area (Å²) in [6.45, 7) is 0.194. The van der Waals surface area contributed by atoms with E-state index in [4.69, 9.17) is 11.6 Å². The minimum absolute atomic E-state index is 0.0533. The number of hydrogen-bond acceptors (Lipinski definition) is 2. The summed E-state index contributed by atoms with van der Waals surface area (Å²) in [7, 11) is 0. The summed E-state index contributed by atoms with van der Waals surface area (Å²) in [6, 6.07) is 3.58. The van der Waals surface area contributed by atoms with E-state index in [2.05, 4.69) is 5.10 Å². The van der Waals surface area contributed by atoms with E-state index in [0.717, 1.165) is 12.1 Å². The molecule has 1 aromatic heterocycles. The molecule has 0 saturated heterocycles. The Balaban J connectivity index is 1.63. The quantitative estimate of drug-likeness (QED) is 0.828. The Morgan fingerprint density at radius 1 is 1.24 bits per heavy atom. The first-order chi connectivity index (χ1) is 11.9. The summed E-state index contributed by atoms with van der Waals surface area (Å²) in [5, 5.41) is 4.33. The van der Waals surface area contributed by atoms with Gasteiger partial charge in [-0.25, -0.2) is 17.9 Å². The largest absolute Gasteiger partial charge is 0.334 e. The van der Waals surface area contributed by atoms with E-state index in [1.54, 1.807) is 0 Å². The first-order valence-corrected chi connectivity index (χ1v) is 8.42. The van der Waals surface area contributed by atoms with Crippen molar-refractivity contribution in [2.45, 2.75) is 31.5 Å². The number of carbonyl (C=O) groups is 1. The molecular formula is C17H15ClF3N3O. The van der Waals surface area contributed by atoms with Crippen molar-refractivity contribution in [2.24, 2.45) is 0 Å². The highest BCUT2D eigenvalue weighted by Gasteiger charge is 2.46. The highest BCUT2D eigenvalue weighted by Crippen LogP contribution is 2.41. The lowest BCUT2D eigenvalue weighted by Crippen LogP contribution is -2.41.